The van der Waals surface area contributed by atoms with Crippen molar-refractivity contribution in [1.82, 2.24) is 26.3 Å². The van der Waals surface area contributed by atoms with E-state index in [1.54, 1.807) is 0 Å². The van der Waals surface area contributed by atoms with Crippen LogP contribution in [0.15, 0.2) is 18.2 Å². The molecular formula is C24H42Cl2MnN5-. The molecule has 1 aromatic heterocycles. The molecule has 2 aliphatic carbocycles. The van der Waals surface area contributed by atoms with E-state index in [0.717, 1.165) is 13.1 Å². The van der Waals surface area contributed by atoms with Crippen molar-refractivity contribution in [2.24, 2.45) is 0 Å². The van der Waals surface area contributed by atoms with Gasteiger partial charge in [-0.25, -0.2) is 0 Å². The Morgan fingerprint density at radius 2 is 1.12 bits per heavy atom. The Balaban J connectivity index is 0.000000860. The van der Waals surface area contributed by atoms with E-state index in [-0.39, 0.29) is 32.6 Å². The Morgan fingerprint density at radius 1 is 0.750 bits per heavy atom. The standard InChI is InChI=1S/C23H39N5.CH3.2ClH.Mn/c1-16-18-12-7-13-19(28-18)17(2)27-23-11-6-4-9-21(23)25-15-14-24-20-8-3-5-10-22(20)26-16;;;;/h7,12-13,16-17,20-27H,3-6,8-11,14-15H2,1-2H3;1H3;2*1H;/q;-1;;;+2/p-2/t16-,17-,20+,21+,22+,23+;;;;/m0..../s1. The molecule has 2 bridgehead atoms. The summed E-state index contributed by atoms with van der Waals surface area (Å²) in [6.45, 7) is 6.66. The normalized spacial score (nSPS) is 33.6. The van der Waals surface area contributed by atoms with Crippen LogP contribution in [0.3, 0.4) is 0 Å². The first-order valence-electron chi connectivity index (χ1n) is 11.9. The molecule has 0 radical (unpaired) electrons. The number of nitrogens with zero attached hydrogens (tertiary/aromatic N) is 1. The summed E-state index contributed by atoms with van der Waals surface area (Å²) < 4.78 is 0. The average molecular weight is 526 g/mol. The molecule has 3 aliphatic rings. The van der Waals surface area contributed by atoms with E-state index in [9.17, 15) is 0 Å². The second-order valence-corrected chi connectivity index (χ2v) is 11.2. The van der Waals surface area contributed by atoms with E-state index in [2.05, 4.69) is 53.3 Å². The number of hydrogen-bond acceptors (Lipinski definition) is 5. The van der Waals surface area contributed by atoms with Gasteiger partial charge in [0.05, 0.1) is 11.4 Å². The van der Waals surface area contributed by atoms with Crippen molar-refractivity contribution in [1.29, 1.82) is 0 Å². The van der Waals surface area contributed by atoms with Crippen molar-refractivity contribution in [3.63, 3.8) is 0 Å². The predicted octanol–water partition coefficient (Wildman–Crippen LogP) is 5.02. The molecule has 0 aromatic carbocycles. The summed E-state index contributed by atoms with van der Waals surface area (Å²) in [7, 11) is 9.59. The Morgan fingerprint density at radius 3 is 1.53 bits per heavy atom. The topological polar surface area (TPSA) is 61.0 Å². The van der Waals surface area contributed by atoms with E-state index in [1.165, 1.54) is 62.8 Å². The van der Waals surface area contributed by atoms with Crippen LogP contribution >= 0.6 is 20.2 Å². The number of hydrogen-bond donors (Lipinski definition) is 4. The van der Waals surface area contributed by atoms with Crippen LogP contribution in [0.25, 0.3) is 0 Å². The van der Waals surface area contributed by atoms with Gasteiger partial charge in [-0.1, -0.05) is 31.7 Å². The summed E-state index contributed by atoms with van der Waals surface area (Å²) in [5.41, 5.74) is 2.34. The third-order valence-electron chi connectivity index (χ3n) is 7.08. The van der Waals surface area contributed by atoms with E-state index >= 15 is 0 Å². The molecule has 32 heavy (non-hydrogen) atoms. The second kappa shape index (κ2) is 15.2. The van der Waals surface area contributed by atoms with Gasteiger partial charge in [0.1, 0.15) is 0 Å². The molecule has 4 rings (SSSR count). The molecule has 0 amide bonds. The maximum atomic E-state index is 5.06. The quantitative estimate of drug-likeness (QED) is 0.283. The number of fused-ring (bicyclic) bond motifs is 4. The molecule has 2 fully saturated rings. The Labute approximate surface area is 210 Å². The van der Waals surface area contributed by atoms with Crippen LogP contribution < -0.4 is 21.3 Å². The predicted molar refractivity (Wildman–Crippen MR) is 134 cm³/mol. The van der Waals surface area contributed by atoms with Gasteiger partial charge in [0.2, 0.25) is 0 Å². The number of nitrogens with one attached hydrogen (secondary N) is 4. The summed E-state index contributed by atoms with van der Waals surface area (Å²) in [6, 6.07) is 9.34. The molecule has 4 N–H and O–H groups in total. The third-order valence-corrected chi connectivity index (χ3v) is 7.08. The van der Waals surface area contributed by atoms with Crippen LogP contribution in [-0.2, 0) is 13.1 Å². The number of rotatable bonds is 0. The summed E-state index contributed by atoms with van der Waals surface area (Å²) in [4.78, 5) is 5.06. The van der Waals surface area contributed by atoms with Gasteiger partial charge in [0.25, 0.3) is 0 Å². The Bertz CT molecular complexity index is 603. The van der Waals surface area contributed by atoms with Gasteiger partial charge in [0.15, 0.2) is 0 Å². The van der Waals surface area contributed by atoms with Crippen molar-refractivity contribution in [2.75, 3.05) is 13.1 Å². The zero-order valence-corrected chi connectivity index (χ0v) is 22.5. The van der Waals surface area contributed by atoms with Crippen molar-refractivity contribution in [3.05, 3.63) is 37.0 Å². The van der Waals surface area contributed by atoms with Gasteiger partial charge in [-0.2, -0.15) is 0 Å². The molecular weight excluding hydrogens is 484 g/mol. The van der Waals surface area contributed by atoms with E-state index in [4.69, 9.17) is 25.2 Å². The zero-order chi connectivity index (χ0) is 22.1. The molecule has 8 heteroatoms. The summed E-state index contributed by atoms with van der Waals surface area (Å²) in [5.74, 6) is 0. The number of aromatic nitrogens is 1. The summed E-state index contributed by atoms with van der Waals surface area (Å²) in [6.07, 6.45) is 10.4. The first-order valence-corrected chi connectivity index (χ1v) is 15.2. The molecule has 0 saturated heterocycles. The summed E-state index contributed by atoms with van der Waals surface area (Å²) >= 11 is 0.00694. The molecule has 1 aromatic rings. The fourth-order valence-electron chi connectivity index (χ4n) is 5.43. The van der Waals surface area contributed by atoms with Crippen molar-refractivity contribution in [3.8, 4) is 0 Å². The van der Waals surface area contributed by atoms with Gasteiger partial charge in [-0.15, -0.1) is 0 Å². The first-order chi connectivity index (χ1) is 15.1. The third kappa shape index (κ3) is 8.39. The molecule has 2 saturated carbocycles. The molecule has 0 spiro atoms. The van der Waals surface area contributed by atoms with E-state index in [1.807, 2.05) is 0 Å². The van der Waals surface area contributed by atoms with E-state index in [0.29, 0.717) is 24.2 Å². The Hall–Kier alpha value is 0.0895. The van der Waals surface area contributed by atoms with Crippen LogP contribution in [-0.4, -0.2) is 42.2 Å². The van der Waals surface area contributed by atoms with Gasteiger partial charge in [0, 0.05) is 49.3 Å². The fraction of sp³-hybridized carbons (Fsp3) is 0.750. The van der Waals surface area contributed by atoms with Crippen LogP contribution in [0.5, 0.6) is 0 Å². The minimum atomic E-state index is 0. The monoisotopic (exact) mass is 525 g/mol. The second-order valence-electron chi connectivity index (χ2n) is 9.22. The number of pyridine rings is 1. The Kier molecular flexibility index (Phi) is 13.4. The van der Waals surface area contributed by atoms with Crippen molar-refractivity contribution >= 4 is 20.2 Å². The zero-order valence-electron chi connectivity index (χ0n) is 19.8. The summed E-state index contributed by atoms with van der Waals surface area (Å²) in [5, 5.41) is 15.5. The van der Waals surface area contributed by atoms with Crippen LogP contribution in [0.1, 0.15) is 88.7 Å². The van der Waals surface area contributed by atoms with Gasteiger partial charge >= 0.3 is 33.3 Å². The molecule has 2 heterocycles. The first kappa shape index (κ1) is 28.3. The van der Waals surface area contributed by atoms with Crippen molar-refractivity contribution < 1.29 is 13.1 Å². The SMILES string of the molecule is C[C@@H]1N[C@@H]2CCCC[C@H]2NCCN[C@@H]2CCCC[C@H]2N[C@@H](C)c2cccc1n2.[CH3-].[Cl][Mn][Cl]. The van der Waals surface area contributed by atoms with Crippen LogP contribution in [0.4, 0.5) is 0 Å². The van der Waals surface area contributed by atoms with Crippen molar-refractivity contribution in [2.45, 2.75) is 101 Å². The number of halogens is 2. The molecule has 6 atom stereocenters. The van der Waals surface area contributed by atoms with E-state index < -0.39 is 0 Å². The van der Waals surface area contributed by atoms with Crippen LogP contribution in [0.2, 0.25) is 0 Å². The minimum absolute atomic E-state index is 0. The van der Waals surface area contributed by atoms with Gasteiger partial charge in [-0.3, -0.25) is 4.98 Å². The van der Waals surface area contributed by atoms with Gasteiger partial charge < -0.3 is 28.7 Å². The maximum absolute atomic E-state index is 5.06. The fourth-order valence-corrected chi connectivity index (χ4v) is 5.43. The van der Waals surface area contributed by atoms with Crippen LogP contribution in [0, 0.1) is 7.43 Å². The molecule has 0 unspecified atom stereocenters. The van der Waals surface area contributed by atoms with Gasteiger partial charge in [-0.05, 0) is 51.7 Å². The molecule has 1 aliphatic heterocycles. The average Bonchev–Trinajstić information content (AvgIpc) is 2.79. The molecule has 185 valence electrons. The molecule has 5 nitrogen and oxygen atoms in total.